The number of fused-ring (bicyclic) bond motifs is 1. The topological polar surface area (TPSA) is 126 Å². The average molecular weight is 310 g/mol. The number of carbonyl (C=O) groups excluding carboxylic acids is 3. The van der Waals surface area contributed by atoms with E-state index in [-0.39, 0.29) is 34.0 Å². The maximum Gasteiger partial charge on any atom is 0.356 e. The zero-order valence-electron chi connectivity index (χ0n) is 10.8. The lowest BCUT2D eigenvalue weighted by molar-refractivity contribution is -0.136. The molecule has 0 saturated carbocycles. The Morgan fingerprint density at radius 1 is 1.43 bits per heavy atom. The van der Waals surface area contributed by atoms with E-state index < -0.39 is 23.5 Å². The number of rotatable bonds is 5. The second kappa shape index (κ2) is 5.92. The molecule has 1 aliphatic rings. The minimum absolute atomic E-state index is 0.0836. The molecule has 0 atom stereocenters. The van der Waals surface area contributed by atoms with Crippen molar-refractivity contribution >= 4 is 35.3 Å². The van der Waals surface area contributed by atoms with E-state index in [1.807, 2.05) is 0 Å². The van der Waals surface area contributed by atoms with Crippen LogP contribution < -0.4 is 0 Å². The predicted octanol–water partition coefficient (Wildman–Crippen LogP) is 0.667. The molecule has 8 nitrogen and oxygen atoms in total. The highest BCUT2D eigenvalue weighted by molar-refractivity contribution is 8.04. The molecule has 0 bridgehead atoms. The summed E-state index contributed by atoms with van der Waals surface area (Å²) in [5.41, 5.74) is -0.453. The van der Waals surface area contributed by atoms with Crippen molar-refractivity contribution in [1.82, 2.24) is 10.2 Å². The monoisotopic (exact) mass is 310 g/mol. The fourth-order valence-corrected chi connectivity index (χ4v) is 2.64. The zero-order valence-corrected chi connectivity index (χ0v) is 11.7. The van der Waals surface area contributed by atoms with Gasteiger partial charge in [-0.1, -0.05) is 0 Å². The molecule has 2 rings (SSSR count). The summed E-state index contributed by atoms with van der Waals surface area (Å²) < 4.78 is 4.51. The number of H-pyrrole nitrogens is 1. The quantitative estimate of drug-likeness (QED) is 0.760. The molecule has 1 aliphatic carbocycles. The van der Waals surface area contributed by atoms with Crippen molar-refractivity contribution < 1.29 is 29.0 Å². The van der Waals surface area contributed by atoms with Crippen LogP contribution in [0.3, 0.4) is 0 Å². The number of carbonyl (C=O) groups is 4. The lowest BCUT2D eigenvalue weighted by Crippen LogP contribution is -2.18. The van der Waals surface area contributed by atoms with Gasteiger partial charge < -0.3 is 9.84 Å². The Morgan fingerprint density at radius 2 is 2.14 bits per heavy atom. The van der Waals surface area contributed by atoms with Crippen LogP contribution in [0, 0.1) is 0 Å². The van der Waals surface area contributed by atoms with Gasteiger partial charge in [-0.2, -0.15) is 5.10 Å². The fourth-order valence-electron chi connectivity index (χ4n) is 1.72. The Labute approximate surface area is 122 Å². The normalized spacial score (nSPS) is 13.7. The molecule has 9 heteroatoms. The molecule has 0 amide bonds. The Kier molecular flexibility index (Phi) is 4.22. The van der Waals surface area contributed by atoms with Crippen LogP contribution >= 0.6 is 11.8 Å². The SMILES string of the molecule is COC(=O)c1[nH]nc2c1C(=O)C(SCCC(=O)O)=CC2=O. The third kappa shape index (κ3) is 2.87. The number of aromatic nitrogens is 2. The predicted molar refractivity (Wildman–Crippen MR) is 71.4 cm³/mol. The van der Waals surface area contributed by atoms with E-state index in [4.69, 9.17) is 5.11 Å². The highest BCUT2D eigenvalue weighted by atomic mass is 32.2. The molecule has 0 spiro atoms. The van der Waals surface area contributed by atoms with E-state index in [1.165, 1.54) is 0 Å². The van der Waals surface area contributed by atoms with Gasteiger partial charge in [0.15, 0.2) is 5.69 Å². The summed E-state index contributed by atoms with van der Waals surface area (Å²) in [5, 5.41) is 14.5. The summed E-state index contributed by atoms with van der Waals surface area (Å²) in [4.78, 5) is 46.3. The zero-order chi connectivity index (χ0) is 15.6. The first-order valence-corrected chi connectivity index (χ1v) is 6.76. The minimum atomic E-state index is -1.00. The van der Waals surface area contributed by atoms with Crippen molar-refractivity contribution in [2.24, 2.45) is 0 Å². The van der Waals surface area contributed by atoms with Crippen LogP contribution in [0.5, 0.6) is 0 Å². The van der Waals surface area contributed by atoms with E-state index in [1.54, 1.807) is 0 Å². The molecule has 0 saturated heterocycles. The van der Waals surface area contributed by atoms with Gasteiger partial charge in [0.05, 0.1) is 24.0 Å². The fraction of sp³-hybridized carbons (Fsp3) is 0.250. The molecule has 0 fully saturated rings. The highest BCUT2D eigenvalue weighted by Gasteiger charge is 2.34. The first-order valence-electron chi connectivity index (χ1n) is 5.77. The number of aromatic amines is 1. The molecule has 0 aliphatic heterocycles. The van der Waals surface area contributed by atoms with Crippen molar-refractivity contribution in [2.45, 2.75) is 6.42 Å². The summed E-state index contributed by atoms with van der Waals surface area (Å²) in [7, 11) is 1.14. The molecule has 0 aromatic carbocycles. The summed E-state index contributed by atoms with van der Waals surface area (Å²) in [5.74, 6) is -2.73. The smallest absolute Gasteiger partial charge is 0.356 e. The third-order valence-corrected chi connectivity index (χ3v) is 3.70. The van der Waals surface area contributed by atoms with E-state index in [0.29, 0.717) is 0 Å². The van der Waals surface area contributed by atoms with E-state index in [2.05, 4.69) is 14.9 Å². The number of carboxylic acids is 1. The van der Waals surface area contributed by atoms with Gasteiger partial charge in [-0.15, -0.1) is 11.8 Å². The van der Waals surface area contributed by atoms with Gasteiger partial charge >= 0.3 is 11.9 Å². The molecule has 0 unspecified atom stereocenters. The number of hydrogen-bond donors (Lipinski definition) is 2. The molecule has 1 aromatic rings. The van der Waals surface area contributed by atoms with Crippen molar-refractivity contribution in [3.63, 3.8) is 0 Å². The molecular weight excluding hydrogens is 300 g/mol. The second-order valence-corrected chi connectivity index (χ2v) is 5.14. The number of hydrogen-bond acceptors (Lipinski definition) is 7. The lowest BCUT2D eigenvalue weighted by Gasteiger charge is -2.10. The van der Waals surface area contributed by atoms with Gasteiger partial charge in [0.25, 0.3) is 0 Å². The van der Waals surface area contributed by atoms with Gasteiger partial charge in [0, 0.05) is 11.8 Å². The largest absolute Gasteiger partial charge is 0.481 e. The number of allylic oxidation sites excluding steroid dienone is 2. The number of Topliss-reactive ketones (excluding diaryl/α,β-unsaturated/α-hetero) is 1. The van der Waals surface area contributed by atoms with Crippen molar-refractivity contribution in [1.29, 1.82) is 0 Å². The number of methoxy groups -OCH3 is 1. The maximum absolute atomic E-state index is 12.3. The number of ketones is 2. The summed E-state index contributed by atoms with van der Waals surface area (Å²) >= 11 is 0.949. The highest BCUT2D eigenvalue weighted by Crippen LogP contribution is 2.29. The van der Waals surface area contributed by atoms with E-state index >= 15 is 0 Å². The standard InChI is InChI=1S/C12H10N2O6S/c1-20-12(19)10-8-9(13-14-10)5(15)4-6(11(8)18)21-3-2-7(16)17/h4H,2-3H2,1H3,(H,13,14)(H,16,17). The number of ether oxygens (including phenoxy) is 1. The van der Waals surface area contributed by atoms with Crippen molar-refractivity contribution in [3.8, 4) is 0 Å². The Hall–Kier alpha value is -2.42. The van der Waals surface area contributed by atoms with Crippen LogP contribution in [-0.4, -0.2) is 51.7 Å². The van der Waals surface area contributed by atoms with Crippen LogP contribution in [0.4, 0.5) is 0 Å². The summed E-state index contributed by atoms with van der Waals surface area (Å²) in [6.45, 7) is 0. The molecule has 1 aromatic heterocycles. The molecular formula is C12H10N2O6S. The van der Waals surface area contributed by atoms with E-state index in [0.717, 1.165) is 24.9 Å². The van der Waals surface area contributed by atoms with Gasteiger partial charge in [0.2, 0.25) is 11.6 Å². The van der Waals surface area contributed by atoms with Crippen LogP contribution in [-0.2, 0) is 9.53 Å². The van der Waals surface area contributed by atoms with Crippen molar-refractivity contribution in [2.75, 3.05) is 12.9 Å². The molecule has 2 N–H and O–H groups in total. The second-order valence-electron chi connectivity index (χ2n) is 4.01. The molecule has 21 heavy (non-hydrogen) atoms. The molecule has 1 heterocycles. The number of thioether (sulfide) groups is 1. The van der Waals surface area contributed by atoms with Crippen LogP contribution in [0.25, 0.3) is 0 Å². The number of aliphatic carboxylic acids is 1. The van der Waals surface area contributed by atoms with Gasteiger partial charge in [0.1, 0.15) is 5.69 Å². The number of nitrogens with one attached hydrogen (secondary N) is 1. The van der Waals surface area contributed by atoms with Gasteiger partial charge in [-0.25, -0.2) is 4.79 Å². The lowest BCUT2D eigenvalue weighted by atomic mass is 9.99. The Bertz CT molecular complexity index is 675. The maximum atomic E-state index is 12.3. The summed E-state index contributed by atoms with van der Waals surface area (Å²) in [6, 6.07) is 0. The molecule has 110 valence electrons. The van der Waals surface area contributed by atoms with Crippen molar-refractivity contribution in [3.05, 3.63) is 27.9 Å². The number of esters is 1. The number of carboxylic acid groups (broad SMARTS) is 1. The van der Waals surface area contributed by atoms with E-state index in [9.17, 15) is 19.2 Å². The van der Waals surface area contributed by atoms with Crippen LogP contribution in [0.1, 0.15) is 37.8 Å². The Morgan fingerprint density at radius 3 is 2.76 bits per heavy atom. The first-order chi connectivity index (χ1) is 9.95. The molecule has 0 radical (unpaired) electrons. The summed E-state index contributed by atoms with van der Waals surface area (Å²) in [6.07, 6.45) is 0.949. The first kappa shape index (κ1) is 15.0. The third-order valence-electron chi connectivity index (χ3n) is 2.68. The Balaban J connectivity index is 2.29. The van der Waals surface area contributed by atoms with Gasteiger partial charge in [-0.3, -0.25) is 19.5 Å². The minimum Gasteiger partial charge on any atom is -0.481 e. The van der Waals surface area contributed by atoms with Crippen LogP contribution in [0.2, 0.25) is 0 Å². The van der Waals surface area contributed by atoms with Gasteiger partial charge in [-0.05, 0) is 0 Å². The average Bonchev–Trinajstić information content (AvgIpc) is 2.88. The number of nitrogens with zero attached hydrogens (tertiary/aromatic N) is 1. The van der Waals surface area contributed by atoms with Crippen LogP contribution in [0.15, 0.2) is 11.0 Å².